The van der Waals surface area contributed by atoms with Gasteiger partial charge in [0.05, 0.1) is 0 Å². The summed E-state index contributed by atoms with van der Waals surface area (Å²) >= 11 is 0. The van der Waals surface area contributed by atoms with Crippen molar-refractivity contribution in [2.75, 3.05) is 4.90 Å². The van der Waals surface area contributed by atoms with E-state index < -0.39 is 0 Å². The highest BCUT2D eigenvalue weighted by molar-refractivity contribution is 5.76. The van der Waals surface area contributed by atoms with Crippen molar-refractivity contribution in [2.45, 2.75) is 26.7 Å². The minimum Gasteiger partial charge on any atom is -0.311 e. The topological polar surface area (TPSA) is 3.24 Å². The SMILES string of the molecule is C=CC1=CC(N(c2ccc(-c3ccc(-c4ccc(-c5ccc(C)cc5)cc4)cc3)cc2)c2cccc(C)c2)=CCC1. The Hall–Kier alpha value is -4.88. The Bertz CT molecular complexity index is 1720. The van der Waals surface area contributed by atoms with E-state index in [-0.39, 0.29) is 0 Å². The third kappa shape index (κ3) is 5.85. The van der Waals surface area contributed by atoms with Crippen molar-refractivity contribution in [1.82, 2.24) is 0 Å². The number of anilines is 2. The van der Waals surface area contributed by atoms with Gasteiger partial charge in [0.1, 0.15) is 0 Å². The maximum Gasteiger partial charge on any atom is 0.0464 e. The lowest BCUT2D eigenvalue weighted by Gasteiger charge is -2.29. The number of rotatable bonds is 7. The monoisotopic (exact) mass is 529 g/mol. The number of benzene rings is 5. The van der Waals surface area contributed by atoms with E-state index in [9.17, 15) is 0 Å². The van der Waals surface area contributed by atoms with Gasteiger partial charge in [-0.05, 0) is 102 Å². The Morgan fingerprint density at radius 1 is 0.561 bits per heavy atom. The van der Waals surface area contributed by atoms with Gasteiger partial charge >= 0.3 is 0 Å². The first-order valence-corrected chi connectivity index (χ1v) is 14.4. The number of aryl methyl sites for hydroxylation is 2. The lowest BCUT2D eigenvalue weighted by atomic mass is 9.97. The highest BCUT2D eigenvalue weighted by atomic mass is 15.1. The predicted octanol–water partition coefficient (Wildman–Crippen LogP) is 11.2. The molecule has 1 aliphatic carbocycles. The van der Waals surface area contributed by atoms with Crippen LogP contribution in [-0.2, 0) is 0 Å². The number of allylic oxidation sites excluding steroid dienone is 4. The van der Waals surface area contributed by atoms with Crippen LogP contribution in [0.5, 0.6) is 0 Å². The van der Waals surface area contributed by atoms with Crippen molar-refractivity contribution in [3.05, 3.63) is 169 Å². The van der Waals surface area contributed by atoms with Crippen LogP contribution in [0.3, 0.4) is 0 Å². The zero-order valence-electron chi connectivity index (χ0n) is 23.8. The van der Waals surface area contributed by atoms with Gasteiger partial charge in [-0.1, -0.05) is 121 Å². The smallest absolute Gasteiger partial charge is 0.0464 e. The molecule has 0 aliphatic heterocycles. The number of hydrogen-bond donors (Lipinski definition) is 0. The molecule has 0 saturated carbocycles. The molecule has 1 aliphatic rings. The number of hydrogen-bond acceptors (Lipinski definition) is 1. The zero-order chi connectivity index (χ0) is 28.2. The normalized spacial score (nSPS) is 12.8. The van der Waals surface area contributed by atoms with E-state index in [4.69, 9.17) is 0 Å². The molecule has 0 saturated heterocycles. The van der Waals surface area contributed by atoms with Crippen LogP contribution in [0.15, 0.2) is 157 Å². The van der Waals surface area contributed by atoms with Crippen LogP contribution in [0.4, 0.5) is 11.4 Å². The summed E-state index contributed by atoms with van der Waals surface area (Å²) in [7, 11) is 0. The molecular formula is C40H35N. The first-order valence-electron chi connectivity index (χ1n) is 14.4. The van der Waals surface area contributed by atoms with E-state index in [0.29, 0.717) is 0 Å². The second-order valence-corrected chi connectivity index (χ2v) is 10.8. The molecule has 200 valence electrons. The average Bonchev–Trinajstić information content (AvgIpc) is 3.02. The average molecular weight is 530 g/mol. The van der Waals surface area contributed by atoms with Gasteiger partial charge < -0.3 is 4.90 Å². The molecular weight excluding hydrogens is 494 g/mol. The Balaban J connectivity index is 1.24. The molecule has 0 atom stereocenters. The molecule has 0 spiro atoms. The van der Waals surface area contributed by atoms with Gasteiger partial charge in [-0.15, -0.1) is 0 Å². The fraction of sp³-hybridized carbons (Fsp3) is 0.100. The largest absolute Gasteiger partial charge is 0.311 e. The van der Waals surface area contributed by atoms with Crippen molar-refractivity contribution < 1.29 is 0 Å². The predicted molar refractivity (Wildman–Crippen MR) is 176 cm³/mol. The van der Waals surface area contributed by atoms with E-state index in [1.807, 2.05) is 6.08 Å². The van der Waals surface area contributed by atoms with Gasteiger partial charge in [0.25, 0.3) is 0 Å². The van der Waals surface area contributed by atoms with E-state index in [0.717, 1.165) is 18.5 Å². The van der Waals surface area contributed by atoms with E-state index in [2.05, 4.69) is 159 Å². The molecule has 0 N–H and O–H groups in total. The van der Waals surface area contributed by atoms with Crippen LogP contribution >= 0.6 is 0 Å². The fourth-order valence-corrected chi connectivity index (χ4v) is 5.50. The summed E-state index contributed by atoms with van der Waals surface area (Å²) in [5.41, 5.74) is 14.7. The maximum absolute atomic E-state index is 4.01. The molecule has 6 rings (SSSR count). The molecule has 0 fully saturated rings. The van der Waals surface area contributed by atoms with Crippen LogP contribution < -0.4 is 4.90 Å². The third-order valence-electron chi connectivity index (χ3n) is 7.85. The van der Waals surface area contributed by atoms with Crippen LogP contribution in [0.1, 0.15) is 24.0 Å². The summed E-state index contributed by atoms with van der Waals surface area (Å²) in [4.78, 5) is 2.35. The molecule has 5 aromatic rings. The van der Waals surface area contributed by atoms with E-state index in [1.165, 1.54) is 61.5 Å². The molecule has 5 aromatic carbocycles. The Morgan fingerprint density at radius 2 is 1.05 bits per heavy atom. The lowest BCUT2D eigenvalue weighted by Crippen LogP contribution is -2.17. The zero-order valence-corrected chi connectivity index (χ0v) is 23.8. The van der Waals surface area contributed by atoms with Crippen LogP contribution in [0.25, 0.3) is 33.4 Å². The summed E-state index contributed by atoms with van der Waals surface area (Å²) in [5, 5.41) is 0. The second kappa shape index (κ2) is 11.7. The minimum atomic E-state index is 1.02. The van der Waals surface area contributed by atoms with Crippen molar-refractivity contribution in [2.24, 2.45) is 0 Å². The highest BCUT2D eigenvalue weighted by Crippen LogP contribution is 2.35. The number of nitrogens with zero attached hydrogens (tertiary/aromatic N) is 1. The molecule has 0 heterocycles. The molecule has 1 heteroatoms. The lowest BCUT2D eigenvalue weighted by molar-refractivity contribution is 0.959. The third-order valence-corrected chi connectivity index (χ3v) is 7.85. The minimum absolute atomic E-state index is 1.02. The van der Waals surface area contributed by atoms with Gasteiger partial charge in [0.2, 0.25) is 0 Å². The van der Waals surface area contributed by atoms with Crippen molar-refractivity contribution in [3.63, 3.8) is 0 Å². The van der Waals surface area contributed by atoms with Gasteiger partial charge in [-0.3, -0.25) is 0 Å². The maximum atomic E-state index is 4.01. The quantitative estimate of drug-likeness (QED) is 0.203. The molecule has 0 unspecified atom stereocenters. The molecule has 0 radical (unpaired) electrons. The first kappa shape index (κ1) is 26.3. The van der Waals surface area contributed by atoms with Crippen molar-refractivity contribution in [1.29, 1.82) is 0 Å². The Labute approximate surface area is 244 Å². The van der Waals surface area contributed by atoms with Crippen molar-refractivity contribution >= 4 is 11.4 Å². The van der Waals surface area contributed by atoms with Crippen LogP contribution in [0, 0.1) is 13.8 Å². The molecule has 0 bridgehead atoms. The Kier molecular flexibility index (Phi) is 7.52. The summed E-state index contributed by atoms with van der Waals surface area (Å²) < 4.78 is 0. The molecule has 1 nitrogen and oxygen atoms in total. The summed E-state index contributed by atoms with van der Waals surface area (Å²) in [5.74, 6) is 0. The Morgan fingerprint density at radius 3 is 1.54 bits per heavy atom. The van der Waals surface area contributed by atoms with Gasteiger partial charge in [0, 0.05) is 17.1 Å². The standard InChI is InChI=1S/C40H35N/c1-4-31-8-6-10-40(28-31)41(39-9-5-7-30(3)27-39)38-25-23-37(24-26-38)36-21-19-35(20-22-36)34-17-15-33(16-18-34)32-13-11-29(2)12-14-32/h4-5,7,9-28H,1,6,8H2,2-3H3. The molecule has 41 heavy (non-hydrogen) atoms. The summed E-state index contributed by atoms with van der Waals surface area (Å²) in [6.45, 7) is 8.28. The summed E-state index contributed by atoms with van der Waals surface area (Å²) in [6.07, 6.45) is 8.63. The second-order valence-electron chi connectivity index (χ2n) is 10.8. The molecule has 0 aromatic heterocycles. The molecule has 0 amide bonds. The van der Waals surface area contributed by atoms with E-state index >= 15 is 0 Å². The first-order chi connectivity index (χ1) is 20.1. The van der Waals surface area contributed by atoms with Gasteiger partial charge in [-0.25, -0.2) is 0 Å². The van der Waals surface area contributed by atoms with Crippen LogP contribution in [0.2, 0.25) is 0 Å². The van der Waals surface area contributed by atoms with E-state index in [1.54, 1.807) is 0 Å². The van der Waals surface area contributed by atoms with Crippen molar-refractivity contribution in [3.8, 4) is 33.4 Å². The highest BCUT2D eigenvalue weighted by Gasteiger charge is 2.16. The van der Waals surface area contributed by atoms with Gasteiger partial charge in [-0.2, -0.15) is 0 Å². The summed E-state index contributed by atoms with van der Waals surface area (Å²) in [6, 6.07) is 44.0. The van der Waals surface area contributed by atoms with Gasteiger partial charge in [0.15, 0.2) is 0 Å². The fourth-order valence-electron chi connectivity index (χ4n) is 5.50. The van der Waals surface area contributed by atoms with Crippen LogP contribution in [-0.4, -0.2) is 0 Å².